The third-order valence-electron chi connectivity index (χ3n) is 4.56. The first kappa shape index (κ1) is 17.9. The minimum Gasteiger partial charge on any atom is -0.485 e. The molecular weight excluding hydrogens is 343 g/mol. The van der Waals surface area contributed by atoms with Crippen LogP contribution in [0.4, 0.5) is 0 Å². The first-order chi connectivity index (χ1) is 11.6. The predicted molar refractivity (Wildman–Crippen MR) is 90.2 cm³/mol. The van der Waals surface area contributed by atoms with Gasteiger partial charge < -0.3 is 14.5 Å². The third kappa shape index (κ3) is 3.43. The van der Waals surface area contributed by atoms with Crippen molar-refractivity contribution in [2.75, 3.05) is 13.2 Å². The molecule has 1 N–H and O–H groups in total. The van der Waals surface area contributed by atoms with Crippen LogP contribution in [0, 0.1) is 11.3 Å². The smallest absolute Gasteiger partial charge is 0.325 e. The van der Waals surface area contributed by atoms with Crippen molar-refractivity contribution in [1.29, 1.82) is 5.26 Å². The van der Waals surface area contributed by atoms with Gasteiger partial charge in [0.1, 0.15) is 17.5 Å². The fourth-order valence-corrected chi connectivity index (χ4v) is 4.31. The highest BCUT2D eigenvalue weighted by Crippen LogP contribution is 2.51. The maximum Gasteiger partial charge on any atom is 0.325 e. The van der Waals surface area contributed by atoms with Crippen LogP contribution < -0.4 is 4.74 Å². The summed E-state index contributed by atoms with van der Waals surface area (Å²) < 4.78 is 23.5. The lowest BCUT2D eigenvalue weighted by Crippen LogP contribution is -2.54. The summed E-state index contributed by atoms with van der Waals surface area (Å²) in [6.45, 7) is 5.19. The van der Waals surface area contributed by atoms with Crippen LogP contribution in [0.2, 0.25) is 0 Å². The Balaban J connectivity index is 2.16. The predicted octanol–water partition coefficient (Wildman–Crippen LogP) is 2.59. The minimum absolute atomic E-state index is 0.0338. The van der Waals surface area contributed by atoms with Gasteiger partial charge in [-0.1, -0.05) is 0 Å². The second-order valence-corrected chi connectivity index (χ2v) is 8.85. The number of likely N-dealkylation sites (tertiary alicyclic amines) is 1. The van der Waals surface area contributed by atoms with E-state index in [9.17, 15) is 19.5 Å². The average Bonchev–Trinajstić information content (AvgIpc) is 2.92. The van der Waals surface area contributed by atoms with Crippen molar-refractivity contribution < 1.29 is 23.5 Å². The summed E-state index contributed by atoms with van der Waals surface area (Å²) in [7, 11) is -3.83. The van der Waals surface area contributed by atoms with E-state index in [0.717, 1.165) is 13.1 Å². The van der Waals surface area contributed by atoms with E-state index in [-0.39, 0.29) is 5.91 Å². The van der Waals surface area contributed by atoms with E-state index in [4.69, 9.17) is 9.26 Å². The molecule has 3 rings (SSSR count). The van der Waals surface area contributed by atoms with Gasteiger partial charge in [-0.05, 0) is 38.5 Å². The van der Waals surface area contributed by atoms with Crippen LogP contribution in [-0.4, -0.2) is 40.6 Å². The van der Waals surface area contributed by atoms with Gasteiger partial charge in [0.15, 0.2) is 0 Å². The zero-order valence-electron chi connectivity index (χ0n) is 14.4. The summed E-state index contributed by atoms with van der Waals surface area (Å²) in [5.74, 6) is 0.519. The average molecular weight is 364 g/mol. The van der Waals surface area contributed by atoms with Gasteiger partial charge in [-0.3, -0.25) is 13.9 Å². The number of benzene rings is 1. The van der Waals surface area contributed by atoms with E-state index in [1.165, 1.54) is 0 Å². The molecule has 1 fully saturated rings. The molecule has 25 heavy (non-hydrogen) atoms. The number of rotatable bonds is 3. The molecule has 0 aromatic heterocycles. The number of hydrogen-bond donors (Lipinski definition) is 1. The lowest BCUT2D eigenvalue weighted by atomic mass is 9.85. The summed E-state index contributed by atoms with van der Waals surface area (Å²) >= 11 is 0. The van der Waals surface area contributed by atoms with E-state index < -0.39 is 25.3 Å². The minimum atomic E-state index is -3.83. The fraction of sp³-hybridized carbons (Fsp3) is 0.529. The molecule has 1 saturated heterocycles. The largest absolute Gasteiger partial charge is 0.485 e. The van der Waals surface area contributed by atoms with Crippen molar-refractivity contribution in [1.82, 2.24) is 4.90 Å². The highest BCUT2D eigenvalue weighted by molar-refractivity contribution is 7.51. The van der Waals surface area contributed by atoms with Crippen molar-refractivity contribution in [2.24, 2.45) is 0 Å². The Bertz CT molecular complexity index is 795. The number of carbonyl (C=O) groups is 1. The molecule has 1 aromatic rings. The quantitative estimate of drug-likeness (QED) is 0.828. The van der Waals surface area contributed by atoms with Gasteiger partial charge in [0.05, 0.1) is 17.7 Å². The monoisotopic (exact) mass is 364 g/mol. The van der Waals surface area contributed by atoms with Gasteiger partial charge in [0, 0.05) is 25.2 Å². The van der Waals surface area contributed by atoms with Gasteiger partial charge in [-0.15, -0.1) is 0 Å². The standard InChI is InChI=1S/C17H21N2O5P/c1-17(2)16(24-25(3,21)22)15(19-8-4-5-14(19)20)12-9-11(10-18)6-7-13(12)23-17/h6-7,9,15-16H,4-5,8H2,1-3H3,(H,21,22)/t15-,16+/m1/s1. The maximum absolute atomic E-state index is 12.4. The molecule has 2 aliphatic rings. The zero-order chi connectivity index (χ0) is 18.4. The Morgan fingerprint density at radius 3 is 2.76 bits per heavy atom. The first-order valence-corrected chi connectivity index (χ1v) is 10.2. The Labute approximate surface area is 146 Å². The van der Waals surface area contributed by atoms with Crippen LogP contribution in [0.15, 0.2) is 18.2 Å². The van der Waals surface area contributed by atoms with Crippen molar-refractivity contribution in [3.8, 4) is 11.8 Å². The number of carbonyl (C=O) groups excluding carboxylic acids is 1. The number of ether oxygens (including phenoxy) is 1. The Hall–Kier alpha value is -1.87. The molecule has 134 valence electrons. The van der Waals surface area contributed by atoms with Crippen molar-refractivity contribution in [2.45, 2.75) is 44.4 Å². The second kappa shape index (κ2) is 6.14. The molecule has 1 aromatic carbocycles. The lowest BCUT2D eigenvalue weighted by molar-refractivity contribution is -0.138. The van der Waals surface area contributed by atoms with Gasteiger partial charge in [-0.25, -0.2) is 0 Å². The molecular formula is C17H21N2O5P. The molecule has 1 amide bonds. The first-order valence-electron chi connectivity index (χ1n) is 8.13. The molecule has 7 nitrogen and oxygen atoms in total. The van der Waals surface area contributed by atoms with Gasteiger partial charge in [0.25, 0.3) is 0 Å². The molecule has 0 radical (unpaired) electrons. The highest BCUT2D eigenvalue weighted by Gasteiger charge is 2.51. The topological polar surface area (TPSA) is 99.9 Å². The van der Waals surface area contributed by atoms with E-state index in [0.29, 0.717) is 29.8 Å². The molecule has 1 unspecified atom stereocenters. The number of nitriles is 1. The van der Waals surface area contributed by atoms with Crippen molar-refractivity contribution in [3.05, 3.63) is 29.3 Å². The molecule has 0 bridgehead atoms. The molecule has 2 heterocycles. The third-order valence-corrected chi connectivity index (χ3v) is 5.18. The number of fused-ring (bicyclic) bond motifs is 1. The Morgan fingerprint density at radius 2 is 2.20 bits per heavy atom. The SMILES string of the molecule is CC1(C)Oc2ccc(C#N)cc2[C@@H](N2CCCC2=O)[C@@H]1OP(C)(=O)O. The van der Waals surface area contributed by atoms with Crippen LogP contribution in [0.1, 0.15) is 43.9 Å². The highest BCUT2D eigenvalue weighted by atomic mass is 31.2. The van der Waals surface area contributed by atoms with Gasteiger partial charge in [-0.2, -0.15) is 5.26 Å². The van der Waals surface area contributed by atoms with Crippen LogP contribution in [0.25, 0.3) is 0 Å². The fourth-order valence-electron chi connectivity index (χ4n) is 3.52. The van der Waals surface area contributed by atoms with Crippen LogP contribution in [0.5, 0.6) is 5.75 Å². The maximum atomic E-state index is 12.4. The molecule has 3 atom stereocenters. The summed E-state index contributed by atoms with van der Waals surface area (Å²) in [6.07, 6.45) is 0.317. The van der Waals surface area contributed by atoms with Crippen LogP contribution >= 0.6 is 7.60 Å². The van der Waals surface area contributed by atoms with Gasteiger partial charge in [0.2, 0.25) is 5.91 Å². The lowest BCUT2D eigenvalue weighted by Gasteiger charge is -2.47. The summed E-state index contributed by atoms with van der Waals surface area (Å²) in [6, 6.07) is 6.51. The molecule has 2 aliphatic heterocycles. The zero-order valence-corrected chi connectivity index (χ0v) is 15.3. The normalized spacial score (nSPS) is 27.2. The van der Waals surface area contributed by atoms with E-state index >= 15 is 0 Å². The molecule has 0 aliphatic carbocycles. The Morgan fingerprint density at radius 1 is 1.48 bits per heavy atom. The molecule has 8 heteroatoms. The summed E-state index contributed by atoms with van der Waals surface area (Å²) in [5, 5.41) is 9.21. The van der Waals surface area contributed by atoms with Crippen molar-refractivity contribution in [3.63, 3.8) is 0 Å². The van der Waals surface area contributed by atoms with Crippen LogP contribution in [0.3, 0.4) is 0 Å². The summed E-state index contributed by atoms with van der Waals surface area (Å²) in [4.78, 5) is 23.9. The second-order valence-electron chi connectivity index (χ2n) is 7.03. The van der Waals surface area contributed by atoms with Crippen LogP contribution in [-0.2, 0) is 13.9 Å². The number of nitrogens with zero attached hydrogens (tertiary/aromatic N) is 2. The Kier molecular flexibility index (Phi) is 4.40. The number of hydrogen-bond acceptors (Lipinski definition) is 5. The van der Waals surface area contributed by atoms with Crippen molar-refractivity contribution >= 4 is 13.5 Å². The van der Waals surface area contributed by atoms with E-state index in [1.54, 1.807) is 36.9 Å². The van der Waals surface area contributed by atoms with Gasteiger partial charge >= 0.3 is 7.60 Å². The molecule has 0 spiro atoms. The van der Waals surface area contributed by atoms with E-state index in [1.807, 2.05) is 0 Å². The summed E-state index contributed by atoms with van der Waals surface area (Å²) in [5.41, 5.74) is 0.136. The molecule has 0 saturated carbocycles. The number of amides is 1. The van der Waals surface area contributed by atoms with E-state index in [2.05, 4.69) is 6.07 Å².